The number of amides is 2. The van der Waals surface area contributed by atoms with Crippen LogP contribution < -0.4 is 0 Å². The number of rotatable bonds is 2. The van der Waals surface area contributed by atoms with Gasteiger partial charge in [-0.2, -0.15) is 0 Å². The molecule has 2 unspecified atom stereocenters. The zero-order valence-corrected chi connectivity index (χ0v) is 12.5. The zero-order chi connectivity index (χ0) is 15.5. The first-order valence-electron chi connectivity index (χ1n) is 7.46. The molecule has 120 valence electrons. The minimum Gasteiger partial charge on any atom is -0.481 e. The number of hydrogen-bond donors (Lipinski definition) is 2. The van der Waals surface area contributed by atoms with E-state index < -0.39 is 17.6 Å². The molecule has 2 rings (SSSR count). The maximum absolute atomic E-state index is 12.6. The van der Waals surface area contributed by atoms with Crippen LogP contribution >= 0.6 is 0 Å². The molecule has 2 N–H and O–H groups in total. The number of likely N-dealkylation sites (tertiary alicyclic amines) is 1. The van der Waals surface area contributed by atoms with E-state index in [1.54, 1.807) is 16.7 Å². The lowest BCUT2D eigenvalue weighted by Crippen LogP contribution is -2.54. The van der Waals surface area contributed by atoms with Crippen molar-refractivity contribution in [2.75, 3.05) is 32.8 Å². The van der Waals surface area contributed by atoms with Crippen molar-refractivity contribution in [3.05, 3.63) is 0 Å². The average Bonchev–Trinajstić information content (AvgIpc) is 2.59. The van der Waals surface area contributed by atoms with Crippen LogP contribution in [0.2, 0.25) is 0 Å². The van der Waals surface area contributed by atoms with E-state index in [9.17, 15) is 14.7 Å². The molecule has 2 aliphatic heterocycles. The summed E-state index contributed by atoms with van der Waals surface area (Å²) in [5.74, 6) is -0.929. The normalized spacial score (nSPS) is 30.9. The highest BCUT2D eigenvalue weighted by molar-refractivity contribution is 5.76. The predicted molar refractivity (Wildman–Crippen MR) is 75.0 cm³/mol. The number of urea groups is 1. The van der Waals surface area contributed by atoms with Crippen molar-refractivity contribution in [1.29, 1.82) is 0 Å². The first-order valence-corrected chi connectivity index (χ1v) is 7.46. The summed E-state index contributed by atoms with van der Waals surface area (Å²) in [6, 6.07) is -0.547. The fourth-order valence-electron chi connectivity index (χ4n) is 2.91. The van der Waals surface area contributed by atoms with Gasteiger partial charge in [-0.25, -0.2) is 4.79 Å². The van der Waals surface area contributed by atoms with Crippen LogP contribution in [-0.4, -0.2) is 76.5 Å². The third-order valence-corrected chi connectivity index (χ3v) is 4.22. The van der Waals surface area contributed by atoms with Gasteiger partial charge in [0.05, 0.1) is 31.3 Å². The number of aliphatic carboxylic acids is 1. The third-order valence-electron chi connectivity index (χ3n) is 4.22. The number of aliphatic hydroxyl groups is 1. The van der Waals surface area contributed by atoms with Crippen LogP contribution in [-0.2, 0) is 9.53 Å². The van der Waals surface area contributed by atoms with E-state index in [-0.39, 0.29) is 19.1 Å². The van der Waals surface area contributed by atoms with E-state index in [4.69, 9.17) is 9.84 Å². The van der Waals surface area contributed by atoms with Crippen LogP contribution in [0.15, 0.2) is 0 Å². The quantitative estimate of drug-likeness (QED) is 0.776. The molecule has 7 heteroatoms. The molecule has 2 fully saturated rings. The minimum absolute atomic E-state index is 0.0999. The Morgan fingerprint density at radius 3 is 2.76 bits per heavy atom. The topological polar surface area (TPSA) is 90.3 Å². The van der Waals surface area contributed by atoms with E-state index in [1.165, 1.54) is 0 Å². The first kappa shape index (κ1) is 16.0. The molecule has 7 nitrogen and oxygen atoms in total. The molecular weight excluding hydrogens is 276 g/mol. The highest BCUT2D eigenvalue weighted by Gasteiger charge is 2.34. The molecule has 0 radical (unpaired) electrons. The maximum atomic E-state index is 12.6. The molecule has 0 spiro atoms. The monoisotopic (exact) mass is 300 g/mol. The summed E-state index contributed by atoms with van der Waals surface area (Å²) in [5.41, 5.74) is -0.722. The van der Waals surface area contributed by atoms with Crippen LogP contribution in [0.4, 0.5) is 4.79 Å². The molecule has 0 bridgehead atoms. The van der Waals surface area contributed by atoms with Gasteiger partial charge in [-0.3, -0.25) is 4.79 Å². The molecule has 2 atom stereocenters. The van der Waals surface area contributed by atoms with Gasteiger partial charge in [0.25, 0.3) is 0 Å². The van der Waals surface area contributed by atoms with Gasteiger partial charge < -0.3 is 24.7 Å². The van der Waals surface area contributed by atoms with Crippen LogP contribution in [0.25, 0.3) is 0 Å². The van der Waals surface area contributed by atoms with Crippen LogP contribution in [0, 0.1) is 0 Å². The molecule has 2 heterocycles. The molecule has 0 aromatic rings. The van der Waals surface area contributed by atoms with Gasteiger partial charge in [0.2, 0.25) is 0 Å². The van der Waals surface area contributed by atoms with Crippen molar-refractivity contribution in [1.82, 2.24) is 9.80 Å². The summed E-state index contributed by atoms with van der Waals surface area (Å²) in [6.45, 7) is 4.03. The highest BCUT2D eigenvalue weighted by atomic mass is 16.5. The van der Waals surface area contributed by atoms with Gasteiger partial charge in [-0.15, -0.1) is 0 Å². The van der Waals surface area contributed by atoms with Gasteiger partial charge >= 0.3 is 12.0 Å². The SMILES string of the molecule is CC1(O)CCCN(C(=O)N2CCOCC2CC(=O)O)CC1. The number of carbonyl (C=O) groups is 2. The maximum Gasteiger partial charge on any atom is 0.320 e. The average molecular weight is 300 g/mol. The van der Waals surface area contributed by atoms with Crippen LogP contribution in [0.5, 0.6) is 0 Å². The molecule has 2 amide bonds. The number of ether oxygens (including phenoxy) is 1. The van der Waals surface area contributed by atoms with Gasteiger partial charge in [-0.1, -0.05) is 0 Å². The lowest BCUT2D eigenvalue weighted by atomic mass is 9.98. The summed E-state index contributed by atoms with van der Waals surface area (Å²) in [7, 11) is 0. The Labute approximate surface area is 124 Å². The van der Waals surface area contributed by atoms with E-state index in [2.05, 4.69) is 0 Å². The number of nitrogens with zero attached hydrogens (tertiary/aromatic N) is 2. The Morgan fingerprint density at radius 1 is 1.29 bits per heavy atom. The van der Waals surface area contributed by atoms with Crippen molar-refractivity contribution < 1.29 is 24.5 Å². The van der Waals surface area contributed by atoms with Crippen molar-refractivity contribution >= 4 is 12.0 Å². The van der Waals surface area contributed by atoms with Gasteiger partial charge in [-0.05, 0) is 26.2 Å². The van der Waals surface area contributed by atoms with Crippen molar-refractivity contribution in [3.8, 4) is 0 Å². The van der Waals surface area contributed by atoms with Gasteiger partial charge in [0.15, 0.2) is 0 Å². The zero-order valence-electron chi connectivity index (χ0n) is 12.5. The summed E-state index contributed by atoms with van der Waals surface area (Å²) < 4.78 is 5.29. The molecule has 2 aliphatic rings. The van der Waals surface area contributed by atoms with Crippen molar-refractivity contribution in [2.24, 2.45) is 0 Å². The molecule has 2 saturated heterocycles. The molecular formula is C14H24N2O5. The van der Waals surface area contributed by atoms with Gasteiger partial charge in [0.1, 0.15) is 0 Å². The Balaban J connectivity index is 2.01. The number of carboxylic acid groups (broad SMARTS) is 1. The Hall–Kier alpha value is -1.34. The summed E-state index contributed by atoms with van der Waals surface area (Å²) in [4.78, 5) is 26.9. The number of hydrogen-bond acceptors (Lipinski definition) is 4. The van der Waals surface area contributed by atoms with E-state index >= 15 is 0 Å². The second kappa shape index (κ2) is 6.62. The second-order valence-electron chi connectivity index (χ2n) is 6.14. The second-order valence-corrected chi connectivity index (χ2v) is 6.14. The minimum atomic E-state index is -0.929. The number of morpholine rings is 1. The molecule has 0 aromatic heterocycles. The first-order chi connectivity index (χ1) is 9.89. The largest absolute Gasteiger partial charge is 0.481 e. The summed E-state index contributed by atoms with van der Waals surface area (Å²) >= 11 is 0. The van der Waals surface area contributed by atoms with Crippen molar-refractivity contribution in [2.45, 2.75) is 44.2 Å². The summed E-state index contributed by atoms with van der Waals surface area (Å²) in [5, 5.41) is 19.0. The van der Waals surface area contributed by atoms with Crippen molar-refractivity contribution in [3.63, 3.8) is 0 Å². The number of carboxylic acids is 1. The highest BCUT2D eigenvalue weighted by Crippen LogP contribution is 2.23. The fraction of sp³-hybridized carbons (Fsp3) is 0.857. The van der Waals surface area contributed by atoms with E-state index in [1.807, 2.05) is 0 Å². The lowest BCUT2D eigenvalue weighted by Gasteiger charge is -2.38. The standard InChI is InChI=1S/C14H24N2O5/c1-14(20)3-2-5-15(6-4-14)13(19)16-7-8-21-10-11(16)9-12(17)18/h11,20H,2-10H2,1H3,(H,17,18). The number of carbonyl (C=O) groups excluding carboxylic acids is 1. The summed E-state index contributed by atoms with van der Waals surface area (Å²) in [6.07, 6.45) is 1.88. The Bertz CT molecular complexity index is 399. The fourth-order valence-corrected chi connectivity index (χ4v) is 2.91. The van der Waals surface area contributed by atoms with Crippen LogP contribution in [0.3, 0.4) is 0 Å². The molecule has 0 aromatic carbocycles. The Morgan fingerprint density at radius 2 is 2.05 bits per heavy atom. The predicted octanol–water partition coefficient (Wildman–Crippen LogP) is 0.519. The van der Waals surface area contributed by atoms with E-state index in [0.717, 1.165) is 6.42 Å². The molecule has 21 heavy (non-hydrogen) atoms. The van der Waals surface area contributed by atoms with E-state index in [0.29, 0.717) is 39.1 Å². The lowest BCUT2D eigenvalue weighted by molar-refractivity contribution is -0.139. The Kier molecular flexibility index (Phi) is 5.05. The smallest absolute Gasteiger partial charge is 0.320 e. The molecule has 0 saturated carbocycles. The van der Waals surface area contributed by atoms with Crippen LogP contribution in [0.1, 0.15) is 32.6 Å². The molecule has 0 aliphatic carbocycles. The third kappa shape index (κ3) is 4.31. The van der Waals surface area contributed by atoms with Gasteiger partial charge in [0, 0.05) is 19.6 Å².